The molecule has 0 saturated carbocycles. The molecule has 0 aliphatic carbocycles. The van der Waals surface area contributed by atoms with E-state index in [4.69, 9.17) is 10.3 Å². The number of halogens is 1. The lowest BCUT2D eigenvalue weighted by molar-refractivity contribution is 0.420. The lowest BCUT2D eigenvalue weighted by atomic mass is 10.2. The monoisotopic (exact) mass is 281 g/mol. The molecule has 1 unspecified atom stereocenters. The summed E-state index contributed by atoms with van der Waals surface area (Å²) in [5, 5.41) is 3.89. The number of nitrogens with two attached hydrogens (primary N) is 1. The summed E-state index contributed by atoms with van der Waals surface area (Å²) in [6, 6.07) is 7.75. The standard InChI is InChI=1S/C11H12BrN3O/c1-7(13)6-10-14-11(16-15-10)8-4-2-3-5-9(8)12/h2-5,7H,6,13H2,1H3. The van der Waals surface area contributed by atoms with Crippen LogP contribution in [-0.4, -0.2) is 16.2 Å². The molecule has 4 nitrogen and oxygen atoms in total. The van der Waals surface area contributed by atoms with Gasteiger partial charge in [-0.15, -0.1) is 0 Å². The van der Waals surface area contributed by atoms with E-state index in [9.17, 15) is 0 Å². The normalized spacial score (nSPS) is 12.7. The van der Waals surface area contributed by atoms with Crippen molar-refractivity contribution in [1.29, 1.82) is 0 Å². The van der Waals surface area contributed by atoms with E-state index in [0.29, 0.717) is 18.1 Å². The summed E-state index contributed by atoms with van der Waals surface area (Å²) in [7, 11) is 0. The van der Waals surface area contributed by atoms with E-state index in [-0.39, 0.29) is 6.04 Å². The Morgan fingerprint density at radius 3 is 2.88 bits per heavy atom. The Morgan fingerprint density at radius 1 is 1.44 bits per heavy atom. The zero-order valence-electron chi connectivity index (χ0n) is 8.85. The summed E-state index contributed by atoms with van der Waals surface area (Å²) in [5.41, 5.74) is 6.57. The van der Waals surface area contributed by atoms with Crippen molar-refractivity contribution in [2.75, 3.05) is 0 Å². The van der Waals surface area contributed by atoms with Gasteiger partial charge in [0.15, 0.2) is 5.82 Å². The molecular weight excluding hydrogens is 270 g/mol. The lowest BCUT2D eigenvalue weighted by Crippen LogP contribution is -2.18. The van der Waals surface area contributed by atoms with Gasteiger partial charge in [0.05, 0.1) is 5.56 Å². The molecule has 16 heavy (non-hydrogen) atoms. The first-order valence-corrected chi connectivity index (χ1v) is 5.79. The van der Waals surface area contributed by atoms with Crippen LogP contribution < -0.4 is 5.73 Å². The fraction of sp³-hybridized carbons (Fsp3) is 0.273. The van der Waals surface area contributed by atoms with Crippen molar-refractivity contribution >= 4 is 15.9 Å². The maximum absolute atomic E-state index is 5.67. The highest BCUT2D eigenvalue weighted by atomic mass is 79.9. The molecule has 0 aliphatic heterocycles. The van der Waals surface area contributed by atoms with Crippen LogP contribution >= 0.6 is 15.9 Å². The molecule has 0 fully saturated rings. The van der Waals surface area contributed by atoms with Crippen molar-refractivity contribution in [2.24, 2.45) is 5.73 Å². The van der Waals surface area contributed by atoms with Crippen LogP contribution in [0.4, 0.5) is 0 Å². The number of benzene rings is 1. The van der Waals surface area contributed by atoms with Crippen LogP contribution in [0.15, 0.2) is 33.3 Å². The molecule has 0 radical (unpaired) electrons. The van der Waals surface area contributed by atoms with Crippen LogP contribution in [0.5, 0.6) is 0 Å². The van der Waals surface area contributed by atoms with E-state index >= 15 is 0 Å². The Morgan fingerprint density at radius 2 is 2.19 bits per heavy atom. The van der Waals surface area contributed by atoms with Crippen molar-refractivity contribution in [2.45, 2.75) is 19.4 Å². The molecule has 2 rings (SSSR count). The maximum Gasteiger partial charge on any atom is 0.259 e. The molecule has 1 atom stereocenters. The zero-order valence-corrected chi connectivity index (χ0v) is 10.4. The van der Waals surface area contributed by atoms with Crippen LogP contribution in [0.2, 0.25) is 0 Å². The smallest absolute Gasteiger partial charge is 0.259 e. The zero-order chi connectivity index (χ0) is 11.5. The summed E-state index contributed by atoms with van der Waals surface area (Å²) < 4.78 is 6.12. The van der Waals surface area contributed by atoms with Gasteiger partial charge in [-0.3, -0.25) is 0 Å². The van der Waals surface area contributed by atoms with Crippen molar-refractivity contribution in [3.8, 4) is 11.5 Å². The fourth-order valence-electron chi connectivity index (χ4n) is 1.37. The number of hydrogen-bond acceptors (Lipinski definition) is 4. The molecule has 0 saturated heterocycles. The first-order chi connectivity index (χ1) is 7.66. The average Bonchev–Trinajstić information content (AvgIpc) is 2.66. The highest BCUT2D eigenvalue weighted by Crippen LogP contribution is 2.26. The molecule has 0 bridgehead atoms. The SMILES string of the molecule is CC(N)Cc1noc(-c2ccccc2Br)n1. The van der Waals surface area contributed by atoms with Gasteiger partial charge in [-0.2, -0.15) is 4.98 Å². The second-order valence-electron chi connectivity index (χ2n) is 3.68. The minimum atomic E-state index is 0.0321. The highest BCUT2D eigenvalue weighted by molar-refractivity contribution is 9.10. The topological polar surface area (TPSA) is 64.9 Å². The molecule has 1 aromatic heterocycles. The number of rotatable bonds is 3. The van der Waals surface area contributed by atoms with Crippen LogP contribution in [-0.2, 0) is 6.42 Å². The molecule has 1 aromatic carbocycles. The van der Waals surface area contributed by atoms with Crippen LogP contribution in [0, 0.1) is 0 Å². The minimum absolute atomic E-state index is 0.0321. The van der Waals surface area contributed by atoms with Gasteiger partial charge in [-0.1, -0.05) is 17.3 Å². The third kappa shape index (κ3) is 2.48. The summed E-state index contributed by atoms with van der Waals surface area (Å²) in [4.78, 5) is 4.29. The summed E-state index contributed by atoms with van der Waals surface area (Å²) >= 11 is 3.44. The summed E-state index contributed by atoms with van der Waals surface area (Å²) in [6.45, 7) is 1.91. The van der Waals surface area contributed by atoms with Gasteiger partial charge in [0, 0.05) is 16.9 Å². The van der Waals surface area contributed by atoms with E-state index in [1.807, 2.05) is 31.2 Å². The predicted octanol–water partition coefficient (Wildman–Crippen LogP) is 2.39. The van der Waals surface area contributed by atoms with E-state index in [1.165, 1.54) is 0 Å². The van der Waals surface area contributed by atoms with Crippen LogP contribution in [0.1, 0.15) is 12.7 Å². The Hall–Kier alpha value is -1.20. The average molecular weight is 282 g/mol. The number of nitrogens with zero attached hydrogens (tertiary/aromatic N) is 2. The third-order valence-electron chi connectivity index (χ3n) is 2.08. The Kier molecular flexibility index (Phi) is 3.36. The van der Waals surface area contributed by atoms with Crippen LogP contribution in [0.3, 0.4) is 0 Å². The third-order valence-corrected chi connectivity index (χ3v) is 2.77. The Balaban J connectivity index is 2.28. The predicted molar refractivity (Wildman–Crippen MR) is 64.8 cm³/mol. The van der Waals surface area contributed by atoms with Crippen molar-refractivity contribution in [1.82, 2.24) is 10.1 Å². The lowest BCUT2D eigenvalue weighted by Gasteiger charge is -1.97. The first kappa shape index (κ1) is 11.3. The first-order valence-electron chi connectivity index (χ1n) is 5.00. The number of aromatic nitrogens is 2. The van der Waals surface area contributed by atoms with Crippen LogP contribution in [0.25, 0.3) is 11.5 Å². The summed E-state index contributed by atoms with van der Waals surface area (Å²) in [6.07, 6.45) is 0.619. The van der Waals surface area contributed by atoms with Gasteiger partial charge in [0.25, 0.3) is 5.89 Å². The Labute approximate surface area is 102 Å². The highest BCUT2D eigenvalue weighted by Gasteiger charge is 2.11. The fourth-order valence-corrected chi connectivity index (χ4v) is 1.82. The van der Waals surface area contributed by atoms with E-state index < -0.39 is 0 Å². The van der Waals surface area contributed by atoms with Gasteiger partial charge in [0.2, 0.25) is 0 Å². The molecule has 84 valence electrons. The van der Waals surface area contributed by atoms with Gasteiger partial charge in [0.1, 0.15) is 0 Å². The molecular formula is C11H12BrN3O. The number of hydrogen-bond donors (Lipinski definition) is 1. The molecule has 0 aliphatic rings. The quantitative estimate of drug-likeness (QED) is 0.938. The molecule has 2 aromatic rings. The Bertz CT molecular complexity index is 482. The largest absolute Gasteiger partial charge is 0.334 e. The summed E-state index contributed by atoms with van der Waals surface area (Å²) in [5.74, 6) is 1.16. The maximum atomic E-state index is 5.67. The van der Waals surface area contributed by atoms with E-state index in [2.05, 4.69) is 26.1 Å². The second kappa shape index (κ2) is 4.76. The molecule has 0 spiro atoms. The molecule has 1 heterocycles. The van der Waals surface area contributed by atoms with E-state index in [0.717, 1.165) is 10.0 Å². The van der Waals surface area contributed by atoms with Crippen molar-refractivity contribution < 1.29 is 4.52 Å². The van der Waals surface area contributed by atoms with E-state index in [1.54, 1.807) is 0 Å². The van der Waals surface area contributed by atoms with Gasteiger partial charge >= 0.3 is 0 Å². The molecule has 5 heteroatoms. The van der Waals surface area contributed by atoms with Gasteiger partial charge in [-0.25, -0.2) is 0 Å². The minimum Gasteiger partial charge on any atom is -0.334 e. The van der Waals surface area contributed by atoms with Crippen molar-refractivity contribution in [3.05, 3.63) is 34.6 Å². The second-order valence-corrected chi connectivity index (χ2v) is 4.53. The van der Waals surface area contributed by atoms with Gasteiger partial charge in [-0.05, 0) is 35.0 Å². The van der Waals surface area contributed by atoms with Crippen molar-refractivity contribution in [3.63, 3.8) is 0 Å². The molecule has 2 N–H and O–H groups in total. The van der Waals surface area contributed by atoms with Gasteiger partial charge < -0.3 is 10.3 Å². The molecule has 0 amide bonds.